The molecule has 1 saturated heterocycles. The molecule has 0 N–H and O–H groups in total. The summed E-state index contributed by atoms with van der Waals surface area (Å²) in [7, 11) is 0. The van der Waals surface area contributed by atoms with E-state index < -0.39 is 0 Å². The van der Waals surface area contributed by atoms with Crippen molar-refractivity contribution < 1.29 is 9.53 Å². The molecule has 1 aliphatic heterocycles. The summed E-state index contributed by atoms with van der Waals surface area (Å²) in [6.45, 7) is 8.27. The van der Waals surface area contributed by atoms with Crippen molar-refractivity contribution in [1.29, 1.82) is 0 Å². The van der Waals surface area contributed by atoms with Crippen molar-refractivity contribution in [1.82, 2.24) is 0 Å². The van der Waals surface area contributed by atoms with Crippen LogP contribution in [-0.4, -0.2) is 12.1 Å². The molecule has 2 heteroatoms. The number of rotatable bonds is 0. The lowest BCUT2D eigenvalue weighted by Gasteiger charge is -2.35. The van der Waals surface area contributed by atoms with Crippen molar-refractivity contribution in [2.45, 2.75) is 46.6 Å². The Kier molecular flexibility index (Phi) is 2.45. The zero-order chi connectivity index (χ0) is 9.35. The van der Waals surface area contributed by atoms with Crippen LogP contribution in [0.3, 0.4) is 0 Å². The van der Waals surface area contributed by atoms with Crippen LogP contribution in [0.15, 0.2) is 0 Å². The Balaban J connectivity index is 2.57. The molecule has 0 spiro atoms. The molecule has 1 rings (SSSR count). The lowest BCUT2D eigenvalue weighted by molar-refractivity contribution is -0.166. The lowest BCUT2D eigenvalue weighted by Crippen LogP contribution is -2.37. The fraction of sp³-hybridized carbons (Fsp3) is 0.900. The fourth-order valence-corrected chi connectivity index (χ4v) is 1.44. The third-order valence-electron chi connectivity index (χ3n) is 2.49. The standard InChI is InChI=1S/C10H18O2/c1-7-5-6-8(10(2,3)4)12-9(7)11/h7-8H,5-6H2,1-4H3/t7-,8+/m1/s1. The van der Waals surface area contributed by atoms with Crippen molar-refractivity contribution in [3.05, 3.63) is 0 Å². The first kappa shape index (κ1) is 9.56. The largest absolute Gasteiger partial charge is 0.462 e. The summed E-state index contributed by atoms with van der Waals surface area (Å²) in [5.74, 6) is 0.0739. The zero-order valence-electron chi connectivity index (χ0n) is 8.39. The highest BCUT2D eigenvalue weighted by Gasteiger charge is 2.34. The summed E-state index contributed by atoms with van der Waals surface area (Å²) in [6, 6.07) is 0. The minimum absolute atomic E-state index is 0.0267. The molecule has 1 aliphatic rings. The second kappa shape index (κ2) is 3.08. The van der Waals surface area contributed by atoms with Gasteiger partial charge >= 0.3 is 5.97 Å². The van der Waals surface area contributed by atoms with E-state index in [1.54, 1.807) is 0 Å². The molecule has 0 unspecified atom stereocenters. The summed E-state index contributed by atoms with van der Waals surface area (Å²) in [5.41, 5.74) is 0.0931. The van der Waals surface area contributed by atoms with Gasteiger partial charge in [0, 0.05) is 0 Å². The quantitative estimate of drug-likeness (QED) is 0.522. The van der Waals surface area contributed by atoms with Gasteiger partial charge in [-0.2, -0.15) is 0 Å². The number of ether oxygens (including phenoxy) is 1. The molecule has 1 heterocycles. The third-order valence-corrected chi connectivity index (χ3v) is 2.49. The number of carbonyl (C=O) groups excluding carboxylic acids is 1. The first-order valence-electron chi connectivity index (χ1n) is 4.62. The van der Waals surface area contributed by atoms with Crippen LogP contribution < -0.4 is 0 Å². The van der Waals surface area contributed by atoms with Gasteiger partial charge in [-0.25, -0.2) is 0 Å². The van der Waals surface area contributed by atoms with Gasteiger partial charge in [-0.05, 0) is 18.3 Å². The van der Waals surface area contributed by atoms with Gasteiger partial charge < -0.3 is 4.74 Å². The van der Waals surface area contributed by atoms with E-state index in [9.17, 15) is 4.79 Å². The normalized spacial score (nSPS) is 31.5. The Labute approximate surface area is 74.3 Å². The van der Waals surface area contributed by atoms with Gasteiger partial charge in [0.25, 0.3) is 0 Å². The Bertz CT molecular complexity index is 179. The molecule has 0 saturated carbocycles. The SMILES string of the molecule is C[C@@H]1CC[C@@H](C(C)(C)C)OC1=O. The number of esters is 1. The zero-order valence-corrected chi connectivity index (χ0v) is 8.39. The van der Waals surface area contributed by atoms with Crippen molar-refractivity contribution >= 4 is 5.97 Å². The van der Waals surface area contributed by atoms with Gasteiger partial charge in [-0.15, -0.1) is 0 Å². The predicted octanol–water partition coefficient (Wildman–Crippen LogP) is 2.37. The molecule has 2 nitrogen and oxygen atoms in total. The summed E-state index contributed by atoms with van der Waals surface area (Å²) in [6.07, 6.45) is 2.10. The summed E-state index contributed by atoms with van der Waals surface area (Å²) in [5, 5.41) is 0. The molecule has 0 aromatic heterocycles. The van der Waals surface area contributed by atoms with E-state index in [2.05, 4.69) is 20.8 Å². The first-order chi connectivity index (χ1) is 5.41. The van der Waals surface area contributed by atoms with Crippen molar-refractivity contribution in [2.24, 2.45) is 11.3 Å². The molecule has 2 atom stereocenters. The highest BCUT2D eigenvalue weighted by Crippen LogP contribution is 2.31. The summed E-state index contributed by atoms with van der Waals surface area (Å²) in [4.78, 5) is 11.2. The average molecular weight is 170 g/mol. The number of hydrogen-bond acceptors (Lipinski definition) is 2. The monoisotopic (exact) mass is 170 g/mol. The molecule has 0 radical (unpaired) electrons. The van der Waals surface area contributed by atoms with Crippen LogP contribution in [0, 0.1) is 11.3 Å². The van der Waals surface area contributed by atoms with Crippen molar-refractivity contribution in [2.75, 3.05) is 0 Å². The molecule has 12 heavy (non-hydrogen) atoms. The van der Waals surface area contributed by atoms with Crippen LogP contribution >= 0.6 is 0 Å². The second-order valence-electron chi connectivity index (χ2n) is 4.77. The van der Waals surface area contributed by atoms with E-state index in [1.807, 2.05) is 6.92 Å². The molecule has 0 aromatic carbocycles. The van der Waals surface area contributed by atoms with Crippen LogP contribution in [0.4, 0.5) is 0 Å². The maximum absolute atomic E-state index is 11.2. The van der Waals surface area contributed by atoms with Crippen LogP contribution in [0.1, 0.15) is 40.5 Å². The van der Waals surface area contributed by atoms with Crippen LogP contribution in [-0.2, 0) is 9.53 Å². The first-order valence-corrected chi connectivity index (χ1v) is 4.62. The lowest BCUT2D eigenvalue weighted by atomic mass is 9.83. The van der Waals surface area contributed by atoms with Crippen molar-refractivity contribution in [3.63, 3.8) is 0 Å². The van der Waals surface area contributed by atoms with Crippen molar-refractivity contribution in [3.8, 4) is 0 Å². The van der Waals surface area contributed by atoms with E-state index in [-0.39, 0.29) is 23.4 Å². The average Bonchev–Trinajstić information content (AvgIpc) is 1.92. The highest BCUT2D eigenvalue weighted by atomic mass is 16.5. The minimum atomic E-state index is -0.0267. The number of hydrogen-bond donors (Lipinski definition) is 0. The van der Waals surface area contributed by atoms with E-state index in [4.69, 9.17) is 4.74 Å². The van der Waals surface area contributed by atoms with Gasteiger partial charge in [0.15, 0.2) is 0 Å². The summed E-state index contributed by atoms with van der Waals surface area (Å²) < 4.78 is 5.32. The molecule has 0 amide bonds. The predicted molar refractivity (Wildman–Crippen MR) is 47.7 cm³/mol. The van der Waals surface area contributed by atoms with Gasteiger partial charge in [0.05, 0.1) is 5.92 Å². The summed E-state index contributed by atoms with van der Waals surface area (Å²) >= 11 is 0. The molecule has 70 valence electrons. The maximum Gasteiger partial charge on any atom is 0.308 e. The van der Waals surface area contributed by atoms with Gasteiger partial charge in [-0.1, -0.05) is 27.7 Å². The fourth-order valence-electron chi connectivity index (χ4n) is 1.44. The Morgan fingerprint density at radius 3 is 2.33 bits per heavy atom. The minimum Gasteiger partial charge on any atom is -0.462 e. The van der Waals surface area contributed by atoms with Crippen LogP contribution in [0.2, 0.25) is 0 Å². The van der Waals surface area contributed by atoms with Gasteiger partial charge in [0.2, 0.25) is 0 Å². The smallest absolute Gasteiger partial charge is 0.308 e. The Morgan fingerprint density at radius 1 is 1.33 bits per heavy atom. The van der Waals surface area contributed by atoms with Crippen LogP contribution in [0.5, 0.6) is 0 Å². The Morgan fingerprint density at radius 2 is 1.92 bits per heavy atom. The molecule has 0 bridgehead atoms. The Hall–Kier alpha value is -0.530. The highest BCUT2D eigenvalue weighted by molar-refractivity contribution is 5.72. The van der Waals surface area contributed by atoms with Gasteiger partial charge in [0.1, 0.15) is 6.10 Å². The van der Waals surface area contributed by atoms with E-state index >= 15 is 0 Å². The molecule has 0 aromatic rings. The molecule has 0 aliphatic carbocycles. The maximum atomic E-state index is 11.2. The molecular formula is C10H18O2. The van der Waals surface area contributed by atoms with E-state index in [0.29, 0.717) is 0 Å². The topological polar surface area (TPSA) is 26.3 Å². The van der Waals surface area contributed by atoms with Crippen LogP contribution in [0.25, 0.3) is 0 Å². The molecule has 1 fully saturated rings. The number of cyclic esters (lactones) is 1. The van der Waals surface area contributed by atoms with E-state index in [0.717, 1.165) is 12.8 Å². The van der Waals surface area contributed by atoms with E-state index in [1.165, 1.54) is 0 Å². The second-order valence-corrected chi connectivity index (χ2v) is 4.77. The third kappa shape index (κ3) is 1.99. The number of carbonyl (C=O) groups is 1. The van der Waals surface area contributed by atoms with Gasteiger partial charge in [-0.3, -0.25) is 4.79 Å². The molecular weight excluding hydrogens is 152 g/mol.